The number of nitrogens with one attached hydrogen (secondary N) is 2. The molecule has 1 heterocycles. The summed E-state index contributed by atoms with van der Waals surface area (Å²) in [5.41, 5.74) is 0.184. The highest BCUT2D eigenvalue weighted by molar-refractivity contribution is 7.98. The second kappa shape index (κ2) is 10.8. The third-order valence-corrected chi connectivity index (χ3v) is 6.03. The van der Waals surface area contributed by atoms with E-state index in [-0.39, 0.29) is 22.0 Å². The van der Waals surface area contributed by atoms with Crippen molar-refractivity contribution in [1.82, 2.24) is 5.32 Å². The molecular weight excluding hydrogens is 444 g/mol. The Labute approximate surface area is 189 Å². The first-order valence-electron chi connectivity index (χ1n) is 10.00. The number of hydrogen-bond donors (Lipinski definition) is 2. The van der Waals surface area contributed by atoms with Crippen molar-refractivity contribution in [2.45, 2.75) is 25.3 Å². The van der Waals surface area contributed by atoms with Gasteiger partial charge >= 0.3 is 0 Å². The van der Waals surface area contributed by atoms with Crippen LogP contribution in [0.2, 0.25) is 5.02 Å². The topological polar surface area (TPSA) is 61.4 Å². The van der Waals surface area contributed by atoms with Crippen molar-refractivity contribution in [3.8, 4) is 0 Å². The van der Waals surface area contributed by atoms with Crippen molar-refractivity contribution in [2.24, 2.45) is 0 Å². The molecule has 2 aromatic rings. The molecule has 0 spiro atoms. The summed E-state index contributed by atoms with van der Waals surface area (Å²) in [7, 11) is 0. The van der Waals surface area contributed by atoms with Crippen LogP contribution in [0.3, 0.4) is 0 Å². The highest BCUT2D eigenvalue weighted by Gasteiger charge is 2.25. The number of thioether (sulfide) groups is 1. The number of halogens is 3. The zero-order valence-electron chi connectivity index (χ0n) is 17.1. The second-order valence-electron chi connectivity index (χ2n) is 7.26. The molecule has 3 rings (SSSR count). The zero-order valence-corrected chi connectivity index (χ0v) is 18.7. The van der Waals surface area contributed by atoms with Gasteiger partial charge in [0.15, 0.2) is 11.6 Å². The molecule has 1 aliphatic heterocycles. The Bertz CT molecular complexity index is 931. The Hall–Kier alpha value is -2.32. The van der Waals surface area contributed by atoms with E-state index in [1.807, 2.05) is 6.26 Å². The molecule has 166 valence electrons. The van der Waals surface area contributed by atoms with Gasteiger partial charge in [0.1, 0.15) is 11.7 Å². The Morgan fingerprint density at radius 1 is 1.16 bits per heavy atom. The van der Waals surface area contributed by atoms with Gasteiger partial charge in [0, 0.05) is 18.8 Å². The van der Waals surface area contributed by atoms with E-state index < -0.39 is 29.5 Å². The van der Waals surface area contributed by atoms with E-state index in [2.05, 4.69) is 10.6 Å². The van der Waals surface area contributed by atoms with Gasteiger partial charge in [-0.25, -0.2) is 8.78 Å². The molecule has 1 atom stereocenters. The molecule has 5 nitrogen and oxygen atoms in total. The van der Waals surface area contributed by atoms with Gasteiger partial charge in [0.05, 0.1) is 10.6 Å². The largest absolute Gasteiger partial charge is 0.367 e. The summed E-state index contributed by atoms with van der Waals surface area (Å²) in [6.07, 6.45) is 4.01. The minimum absolute atomic E-state index is 0.00379. The molecular formula is C22H24ClF2N3O2S. The smallest absolute Gasteiger partial charge is 0.253 e. The fraction of sp³-hybridized carbons (Fsp3) is 0.364. The monoisotopic (exact) mass is 467 g/mol. The summed E-state index contributed by atoms with van der Waals surface area (Å²) >= 11 is 7.58. The molecule has 0 aliphatic carbocycles. The highest BCUT2D eigenvalue weighted by Crippen LogP contribution is 2.29. The summed E-state index contributed by atoms with van der Waals surface area (Å²) in [4.78, 5) is 27.1. The van der Waals surface area contributed by atoms with Crippen LogP contribution >= 0.6 is 23.4 Å². The summed E-state index contributed by atoms with van der Waals surface area (Å²) in [5.74, 6) is -1.89. The molecule has 1 unspecified atom stereocenters. The van der Waals surface area contributed by atoms with Crippen LogP contribution in [0.25, 0.3) is 0 Å². The second-order valence-corrected chi connectivity index (χ2v) is 8.65. The molecule has 2 N–H and O–H groups in total. The van der Waals surface area contributed by atoms with Crippen LogP contribution in [0.15, 0.2) is 36.4 Å². The van der Waals surface area contributed by atoms with Crippen LogP contribution in [-0.2, 0) is 4.79 Å². The molecule has 9 heteroatoms. The lowest BCUT2D eigenvalue weighted by Gasteiger charge is -2.21. The minimum atomic E-state index is -0.888. The average Bonchev–Trinajstić information content (AvgIpc) is 3.25. The molecule has 2 amide bonds. The standard InChI is InChI=1S/C22H24ClF2N3O2S/c1-31-11-8-19(27-21(29)15-6-2-3-7-16(15)23)22(30)26-14-12-17(24)20(18(25)13-14)28-9-4-5-10-28/h2-3,6-7,12-13,19H,4-5,8-11H2,1H3,(H,26,30)(H,27,29). The summed E-state index contributed by atoms with van der Waals surface area (Å²) < 4.78 is 29.1. The number of carbonyl (C=O) groups excluding carboxylic acids is 2. The quantitative estimate of drug-likeness (QED) is 0.590. The predicted molar refractivity (Wildman–Crippen MR) is 122 cm³/mol. The van der Waals surface area contributed by atoms with Gasteiger partial charge in [-0.3, -0.25) is 9.59 Å². The van der Waals surface area contributed by atoms with E-state index in [9.17, 15) is 18.4 Å². The minimum Gasteiger partial charge on any atom is -0.367 e. The maximum atomic E-state index is 14.6. The van der Waals surface area contributed by atoms with Crippen molar-refractivity contribution in [2.75, 3.05) is 35.3 Å². The maximum absolute atomic E-state index is 14.6. The third-order valence-electron chi connectivity index (χ3n) is 5.06. The predicted octanol–water partition coefficient (Wildman–Crippen LogP) is 4.71. The van der Waals surface area contributed by atoms with E-state index in [0.29, 0.717) is 25.3 Å². The lowest BCUT2D eigenvalue weighted by atomic mass is 10.1. The molecule has 0 bridgehead atoms. The number of anilines is 2. The highest BCUT2D eigenvalue weighted by atomic mass is 35.5. The zero-order chi connectivity index (χ0) is 22.4. The molecule has 2 aromatic carbocycles. The first kappa shape index (κ1) is 23.3. The lowest BCUT2D eigenvalue weighted by molar-refractivity contribution is -0.118. The first-order chi connectivity index (χ1) is 14.9. The average molecular weight is 468 g/mol. The van der Waals surface area contributed by atoms with Crippen LogP contribution in [0.5, 0.6) is 0 Å². The Morgan fingerprint density at radius 3 is 2.42 bits per heavy atom. The van der Waals surface area contributed by atoms with Crippen LogP contribution in [-0.4, -0.2) is 43.0 Å². The molecule has 1 aliphatic rings. The molecule has 1 saturated heterocycles. The number of carbonyl (C=O) groups is 2. The number of nitrogens with zero attached hydrogens (tertiary/aromatic N) is 1. The fourth-order valence-electron chi connectivity index (χ4n) is 3.50. The SMILES string of the molecule is CSCCC(NC(=O)c1ccccc1Cl)C(=O)Nc1cc(F)c(N2CCCC2)c(F)c1. The Balaban J connectivity index is 1.74. The normalized spacial score (nSPS) is 14.4. The fourth-order valence-corrected chi connectivity index (χ4v) is 4.19. The van der Waals surface area contributed by atoms with E-state index in [1.54, 1.807) is 29.2 Å². The van der Waals surface area contributed by atoms with E-state index in [0.717, 1.165) is 25.0 Å². The Kier molecular flexibility index (Phi) is 8.15. The maximum Gasteiger partial charge on any atom is 0.253 e. The number of benzene rings is 2. The van der Waals surface area contributed by atoms with Gasteiger partial charge in [-0.2, -0.15) is 11.8 Å². The number of rotatable bonds is 8. The van der Waals surface area contributed by atoms with Crippen LogP contribution in [0.1, 0.15) is 29.6 Å². The van der Waals surface area contributed by atoms with Gasteiger partial charge in [0.2, 0.25) is 5.91 Å². The number of hydrogen-bond acceptors (Lipinski definition) is 4. The first-order valence-corrected chi connectivity index (χ1v) is 11.8. The van der Waals surface area contributed by atoms with Gasteiger partial charge in [-0.1, -0.05) is 23.7 Å². The molecule has 0 radical (unpaired) electrons. The van der Waals surface area contributed by atoms with Crippen molar-refractivity contribution in [3.63, 3.8) is 0 Å². The molecule has 0 saturated carbocycles. The molecule has 0 aromatic heterocycles. The van der Waals surface area contributed by atoms with Crippen molar-refractivity contribution in [3.05, 3.63) is 58.6 Å². The third kappa shape index (κ3) is 5.89. The number of amides is 2. The van der Waals surface area contributed by atoms with Crippen molar-refractivity contribution >= 4 is 46.6 Å². The lowest BCUT2D eigenvalue weighted by Crippen LogP contribution is -2.44. The van der Waals surface area contributed by atoms with Gasteiger partial charge in [-0.05, 0) is 55.5 Å². The summed E-state index contributed by atoms with van der Waals surface area (Å²) in [5, 5.41) is 5.47. The Morgan fingerprint density at radius 2 is 1.81 bits per heavy atom. The van der Waals surface area contributed by atoms with Crippen LogP contribution < -0.4 is 15.5 Å². The van der Waals surface area contributed by atoms with Gasteiger partial charge in [0.25, 0.3) is 5.91 Å². The summed E-state index contributed by atoms with van der Waals surface area (Å²) in [6.45, 7) is 1.20. The molecule has 31 heavy (non-hydrogen) atoms. The van der Waals surface area contributed by atoms with Crippen LogP contribution in [0.4, 0.5) is 20.2 Å². The van der Waals surface area contributed by atoms with Gasteiger partial charge < -0.3 is 15.5 Å². The van der Waals surface area contributed by atoms with E-state index >= 15 is 0 Å². The molecule has 1 fully saturated rings. The van der Waals surface area contributed by atoms with Crippen molar-refractivity contribution in [1.29, 1.82) is 0 Å². The van der Waals surface area contributed by atoms with Crippen LogP contribution in [0, 0.1) is 11.6 Å². The summed E-state index contributed by atoms with van der Waals surface area (Å²) in [6, 6.07) is 7.84. The van der Waals surface area contributed by atoms with Gasteiger partial charge in [-0.15, -0.1) is 0 Å². The van der Waals surface area contributed by atoms with E-state index in [4.69, 9.17) is 11.6 Å². The van der Waals surface area contributed by atoms with Crippen molar-refractivity contribution < 1.29 is 18.4 Å². The van der Waals surface area contributed by atoms with E-state index in [1.165, 1.54) is 11.8 Å².